The Morgan fingerprint density at radius 3 is 2.61 bits per heavy atom. The van der Waals surface area contributed by atoms with Crippen molar-refractivity contribution in [2.75, 3.05) is 26.3 Å². The third kappa shape index (κ3) is 3.07. The molecule has 0 bridgehead atoms. The predicted molar refractivity (Wildman–Crippen MR) is 80.9 cm³/mol. The first-order valence-electron chi connectivity index (χ1n) is 7.97. The molecule has 0 unspecified atom stereocenters. The van der Waals surface area contributed by atoms with Crippen molar-refractivity contribution in [1.29, 1.82) is 0 Å². The van der Waals surface area contributed by atoms with Crippen molar-refractivity contribution < 1.29 is 18.7 Å². The molecule has 3 heterocycles. The number of carbonyl (C=O) groups is 2. The van der Waals surface area contributed by atoms with Gasteiger partial charge in [0.15, 0.2) is 0 Å². The highest BCUT2D eigenvalue weighted by Gasteiger charge is 2.38. The largest absolute Gasteiger partial charge is 0.426 e. The molecule has 124 valence electrons. The number of morpholine rings is 1. The van der Waals surface area contributed by atoms with E-state index in [9.17, 15) is 14.4 Å². The van der Waals surface area contributed by atoms with Crippen LogP contribution in [0.1, 0.15) is 41.4 Å². The second-order valence-electron chi connectivity index (χ2n) is 5.75. The fourth-order valence-electron chi connectivity index (χ4n) is 3.01. The molecule has 0 aromatic carbocycles. The number of imide groups is 1. The van der Waals surface area contributed by atoms with Crippen molar-refractivity contribution in [1.82, 2.24) is 10.0 Å². The van der Waals surface area contributed by atoms with Crippen molar-refractivity contribution in [3.63, 3.8) is 0 Å². The summed E-state index contributed by atoms with van der Waals surface area (Å²) in [5.74, 6) is -0.559. The van der Waals surface area contributed by atoms with Crippen LogP contribution in [-0.4, -0.2) is 48.1 Å². The van der Waals surface area contributed by atoms with Crippen LogP contribution in [0.25, 0.3) is 0 Å². The molecule has 0 radical (unpaired) electrons. The van der Waals surface area contributed by atoms with Gasteiger partial charge >= 0.3 is 5.63 Å². The molecular weight excluding hydrogens is 300 g/mol. The highest BCUT2D eigenvalue weighted by Crippen LogP contribution is 2.25. The van der Waals surface area contributed by atoms with Crippen LogP contribution >= 0.6 is 0 Å². The highest BCUT2D eigenvalue weighted by molar-refractivity contribution is 6.09. The van der Waals surface area contributed by atoms with Crippen LogP contribution in [0.3, 0.4) is 0 Å². The lowest BCUT2D eigenvalue weighted by Gasteiger charge is -2.37. The number of aryl methyl sites for hydroxylation is 1. The zero-order chi connectivity index (χ0) is 16.4. The number of unbranched alkanes of at least 4 members (excludes halogenated alkanes) is 1. The number of fused-ring (bicyclic) bond motifs is 1. The molecule has 7 heteroatoms. The summed E-state index contributed by atoms with van der Waals surface area (Å²) in [5, 5.41) is 2.91. The second-order valence-corrected chi connectivity index (χ2v) is 5.75. The van der Waals surface area contributed by atoms with Crippen molar-refractivity contribution in [2.24, 2.45) is 0 Å². The van der Waals surface area contributed by atoms with Crippen molar-refractivity contribution in [2.45, 2.75) is 32.6 Å². The van der Waals surface area contributed by atoms with E-state index in [1.165, 1.54) is 11.1 Å². The monoisotopic (exact) mass is 320 g/mol. The Kier molecular flexibility index (Phi) is 4.58. The maximum absolute atomic E-state index is 12.9. The third-order valence-electron chi connectivity index (χ3n) is 4.14. The molecule has 7 nitrogen and oxygen atoms in total. The Labute approximate surface area is 133 Å². The standard InChI is InChI=1S/C16H20N2O5/c1-2-3-4-11-9-14(20)23-12-10-13(19)18(16(21)15(11)12)17-5-7-22-8-6-17/h9H,2-8,10H2,1H3. The molecule has 1 saturated heterocycles. The zero-order valence-electron chi connectivity index (χ0n) is 13.2. The predicted octanol–water partition coefficient (Wildman–Crippen LogP) is 0.754. The summed E-state index contributed by atoms with van der Waals surface area (Å²) >= 11 is 0. The van der Waals surface area contributed by atoms with Gasteiger partial charge in [0.05, 0.1) is 25.2 Å². The van der Waals surface area contributed by atoms with Gasteiger partial charge in [0, 0.05) is 19.2 Å². The van der Waals surface area contributed by atoms with Gasteiger partial charge in [-0.15, -0.1) is 0 Å². The number of ether oxygens (including phenoxy) is 1. The van der Waals surface area contributed by atoms with Gasteiger partial charge in [-0.05, 0) is 18.4 Å². The second kappa shape index (κ2) is 6.64. The summed E-state index contributed by atoms with van der Waals surface area (Å²) in [6.07, 6.45) is 2.39. The third-order valence-corrected chi connectivity index (χ3v) is 4.14. The first-order chi connectivity index (χ1) is 11.1. The molecular formula is C16H20N2O5. The van der Waals surface area contributed by atoms with Gasteiger partial charge in [-0.3, -0.25) is 9.59 Å². The van der Waals surface area contributed by atoms with E-state index < -0.39 is 11.5 Å². The lowest BCUT2D eigenvalue weighted by molar-refractivity contribution is -0.148. The van der Waals surface area contributed by atoms with Gasteiger partial charge in [-0.1, -0.05) is 13.3 Å². The number of carbonyl (C=O) groups excluding carboxylic acids is 2. The maximum atomic E-state index is 12.9. The van der Waals surface area contributed by atoms with Crippen LogP contribution in [0.4, 0.5) is 0 Å². The zero-order valence-corrected chi connectivity index (χ0v) is 13.2. The number of hydrazine groups is 1. The van der Waals surface area contributed by atoms with E-state index in [0.717, 1.165) is 12.8 Å². The Hall–Kier alpha value is -1.99. The quantitative estimate of drug-likeness (QED) is 0.762. The van der Waals surface area contributed by atoms with Crippen LogP contribution in [0.2, 0.25) is 0 Å². The number of hydrogen-bond donors (Lipinski definition) is 0. The van der Waals surface area contributed by atoms with Gasteiger partial charge in [-0.2, -0.15) is 0 Å². The van der Waals surface area contributed by atoms with Gasteiger partial charge in [0.2, 0.25) is 0 Å². The van der Waals surface area contributed by atoms with E-state index in [4.69, 9.17) is 9.15 Å². The Morgan fingerprint density at radius 2 is 1.91 bits per heavy atom. The molecule has 1 aromatic heterocycles. The molecule has 0 N–H and O–H groups in total. The molecule has 1 fully saturated rings. The number of amides is 2. The van der Waals surface area contributed by atoms with Gasteiger partial charge in [0.25, 0.3) is 11.8 Å². The van der Waals surface area contributed by atoms with Crippen molar-refractivity contribution in [3.8, 4) is 0 Å². The lowest BCUT2D eigenvalue weighted by atomic mass is 9.97. The molecule has 0 atom stereocenters. The minimum Gasteiger partial charge on any atom is -0.426 e. The van der Waals surface area contributed by atoms with E-state index in [2.05, 4.69) is 0 Å². The fourth-order valence-corrected chi connectivity index (χ4v) is 3.01. The lowest BCUT2D eigenvalue weighted by Crippen LogP contribution is -2.56. The highest BCUT2D eigenvalue weighted by atomic mass is 16.5. The van der Waals surface area contributed by atoms with Crippen LogP contribution in [0.5, 0.6) is 0 Å². The molecule has 3 rings (SSSR count). The van der Waals surface area contributed by atoms with Crippen LogP contribution < -0.4 is 5.63 Å². The van der Waals surface area contributed by atoms with Crippen molar-refractivity contribution in [3.05, 3.63) is 33.4 Å². The summed E-state index contributed by atoms with van der Waals surface area (Å²) in [6.45, 7) is 4.00. The van der Waals surface area contributed by atoms with Crippen LogP contribution in [0.15, 0.2) is 15.3 Å². The molecule has 0 saturated carbocycles. The maximum Gasteiger partial charge on any atom is 0.336 e. The van der Waals surface area contributed by atoms with E-state index in [0.29, 0.717) is 43.9 Å². The number of nitrogens with zero attached hydrogens (tertiary/aromatic N) is 2. The van der Waals surface area contributed by atoms with Crippen LogP contribution in [0, 0.1) is 0 Å². The first-order valence-corrected chi connectivity index (χ1v) is 7.97. The SMILES string of the molecule is CCCCc1cc(=O)oc2c1C(=O)N(N1CCOCC1)C(=O)C2. The summed E-state index contributed by atoms with van der Waals surface area (Å²) in [5.41, 5.74) is 0.549. The molecule has 0 spiro atoms. The molecule has 1 aromatic rings. The molecule has 0 aliphatic carbocycles. The molecule has 2 aliphatic rings. The van der Waals surface area contributed by atoms with Gasteiger partial charge in [0.1, 0.15) is 5.76 Å². The number of rotatable bonds is 4. The Bertz CT molecular complexity index is 676. The molecule has 2 aliphatic heterocycles. The average Bonchev–Trinajstić information content (AvgIpc) is 2.53. The van der Waals surface area contributed by atoms with Gasteiger partial charge in [-0.25, -0.2) is 14.8 Å². The summed E-state index contributed by atoms with van der Waals surface area (Å²) in [7, 11) is 0. The van der Waals surface area contributed by atoms with E-state index in [1.807, 2.05) is 6.92 Å². The normalized spacial score (nSPS) is 19.1. The Balaban J connectivity index is 1.98. The minimum absolute atomic E-state index is 0.0619. The minimum atomic E-state index is -0.504. The summed E-state index contributed by atoms with van der Waals surface area (Å²) in [6, 6.07) is 1.37. The first kappa shape index (κ1) is 15.9. The van der Waals surface area contributed by atoms with E-state index in [1.54, 1.807) is 5.01 Å². The topological polar surface area (TPSA) is 80.1 Å². The molecule has 23 heavy (non-hydrogen) atoms. The molecule has 2 amide bonds. The summed E-state index contributed by atoms with van der Waals surface area (Å²) < 4.78 is 10.4. The van der Waals surface area contributed by atoms with E-state index >= 15 is 0 Å². The van der Waals surface area contributed by atoms with E-state index in [-0.39, 0.29) is 18.1 Å². The van der Waals surface area contributed by atoms with Crippen molar-refractivity contribution >= 4 is 11.8 Å². The smallest absolute Gasteiger partial charge is 0.336 e. The number of hydrogen-bond acceptors (Lipinski definition) is 6. The summed E-state index contributed by atoms with van der Waals surface area (Å²) in [4.78, 5) is 36.9. The van der Waals surface area contributed by atoms with Crippen LogP contribution in [-0.2, 0) is 22.4 Å². The van der Waals surface area contributed by atoms with Gasteiger partial charge < -0.3 is 9.15 Å². The average molecular weight is 320 g/mol. The fraction of sp³-hybridized carbons (Fsp3) is 0.562. The Morgan fingerprint density at radius 1 is 1.17 bits per heavy atom.